The van der Waals surface area contributed by atoms with Crippen molar-refractivity contribution in [2.75, 3.05) is 43.9 Å². The largest absolute Gasteiger partial charge is 0.497 e. The Morgan fingerprint density at radius 3 is 2.54 bits per heavy atom. The van der Waals surface area contributed by atoms with E-state index in [4.69, 9.17) is 4.74 Å². The number of aryl methyl sites for hydroxylation is 2. The molecule has 0 bridgehead atoms. The number of nitrogens with zero attached hydrogens (tertiary/aromatic N) is 2. The zero-order chi connectivity index (χ0) is 18.5. The highest BCUT2D eigenvalue weighted by atomic mass is 32.2. The van der Waals surface area contributed by atoms with Crippen LogP contribution in [0.4, 0.5) is 5.69 Å². The quantitative estimate of drug-likeness (QED) is 0.751. The molecule has 1 aliphatic heterocycles. The number of rotatable bonds is 5. The molecule has 0 spiro atoms. The predicted molar refractivity (Wildman–Crippen MR) is 108 cm³/mol. The van der Waals surface area contributed by atoms with Gasteiger partial charge in [-0.15, -0.1) is 11.8 Å². The van der Waals surface area contributed by atoms with Crippen LogP contribution in [0.15, 0.2) is 47.4 Å². The summed E-state index contributed by atoms with van der Waals surface area (Å²) in [6.45, 7) is 7.44. The highest BCUT2D eigenvalue weighted by Gasteiger charge is 2.21. The fraction of sp³-hybridized carbons (Fsp3) is 0.381. The average Bonchev–Trinajstić information content (AvgIpc) is 2.67. The molecule has 0 aromatic heterocycles. The van der Waals surface area contributed by atoms with Crippen LogP contribution >= 0.6 is 11.8 Å². The van der Waals surface area contributed by atoms with E-state index < -0.39 is 0 Å². The van der Waals surface area contributed by atoms with Crippen LogP contribution in [0, 0.1) is 13.8 Å². The second-order valence-electron chi connectivity index (χ2n) is 6.63. The summed E-state index contributed by atoms with van der Waals surface area (Å²) in [7, 11) is 1.68. The van der Waals surface area contributed by atoms with Crippen LogP contribution < -0.4 is 9.64 Å². The number of carbonyl (C=O) groups is 1. The van der Waals surface area contributed by atoms with Crippen molar-refractivity contribution in [3.63, 3.8) is 0 Å². The number of amides is 1. The van der Waals surface area contributed by atoms with E-state index in [0.717, 1.165) is 37.6 Å². The molecule has 1 heterocycles. The molecule has 0 atom stereocenters. The maximum atomic E-state index is 12.6. The van der Waals surface area contributed by atoms with E-state index in [0.29, 0.717) is 5.75 Å². The molecule has 2 aromatic rings. The molecular formula is C21H26N2O2S. The Hall–Kier alpha value is -2.14. The van der Waals surface area contributed by atoms with Crippen LogP contribution in [0.25, 0.3) is 0 Å². The summed E-state index contributed by atoms with van der Waals surface area (Å²) in [6.07, 6.45) is 0. The van der Waals surface area contributed by atoms with Crippen LogP contribution in [0.2, 0.25) is 0 Å². The van der Waals surface area contributed by atoms with Crippen molar-refractivity contribution in [1.29, 1.82) is 0 Å². The maximum absolute atomic E-state index is 12.6. The molecule has 3 rings (SSSR count). The van der Waals surface area contributed by atoms with Crippen molar-refractivity contribution in [3.8, 4) is 5.75 Å². The van der Waals surface area contributed by atoms with Gasteiger partial charge in [0.2, 0.25) is 5.91 Å². The molecule has 0 saturated carbocycles. The molecule has 5 heteroatoms. The predicted octanol–water partition coefficient (Wildman–Crippen LogP) is 3.75. The first-order chi connectivity index (χ1) is 12.6. The molecule has 2 aromatic carbocycles. The third kappa shape index (κ3) is 4.52. The third-order valence-electron chi connectivity index (χ3n) is 4.73. The molecule has 1 aliphatic rings. The monoisotopic (exact) mass is 370 g/mol. The third-order valence-corrected chi connectivity index (χ3v) is 5.89. The van der Waals surface area contributed by atoms with Gasteiger partial charge < -0.3 is 14.5 Å². The van der Waals surface area contributed by atoms with Crippen LogP contribution in [0.1, 0.15) is 11.1 Å². The van der Waals surface area contributed by atoms with Gasteiger partial charge in [-0.25, -0.2) is 0 Å². The minimum atomic E-state index is 0.222. The second-order valence-corrected chi connectivity index (χ2v) is 7.64. The van der Waals surface area contributed by atoms with Crippen LogP contribution in [-0.4, -0.2) is 49.8 Å². The number of ether oxygens (including phenoxy) is 1. The Kier molecular flexibility index (Phi) is 6.09. The van der Waals surface area contributed by atoms with Gasteiger partial charge >= 0.3 is 0 Å². The maximum Gasteiger partial charge on any atom is 0.233 e. The van der Waals surface area contributed by atoms with Crippen molar-refractivity contribution < 1.29 is 9.53 Å². The Balaban J connectivity index is 1.51. The van der Waals surface area contributed by atoms with E-state index in [-0.39, 0.29) is 5.91 Å². The van der Waals surface area contributed by atoms with E-state index in [1.54, 1.807) is 18.9 Å². The highest BCUT2D eigenvalue weighted by Crippen LogP contribution is 2.25. The lowest BCUT2D eigenvalue weighted by Gasteiger charge is -2.36. The lowest BCUT2D eigenvalue weighted by molar-refractivity contribution is -0.128. The summed E-state index contributed by atoms with van der Waals surface area (Å²) >= 11 is 1.64. The smallest absolute Gasteiger partial charge is 0.233 e. The van der Waals surface area contributed by atoms with Gasteiger partial charge in [-0.3, -0.25) is 4.79 Å². The molecule has 0 radical (unpaired) electrons. The molecule has 26 heavy (non-hydrogen) atoms. The topological polar surface area (TPSA) is 32.8 Å². The van der Waals surface area contributed by atoms with E-state index in [9.17, 15) is 4.79 Å². The zero-order valence-electron chi connectivity index (χ0n) is 15.7. The lowest BCUT2D eigenvalue weighted by atomic mass is 10.2. The van der Waals surface area contributed by atoms with Gasteiger partial charge in [0.25, 0.3) is 0 Å². The number of methoxy groups -OCH3 is 1. The fourth-order valence-corrected chi connectivity index (χ4v) is 4.13. The van der Waals surface area contributed by atoms with Crippen molar-refractivity contribution >= 4 is 23.4 Å². The molecule has 0 aliphatic carbocycles. The molecule has 1 amide bonds. The first kappa shape index (κ1) is 18.6. The van der Waals surface area contributed by atoms with Gasteiger partial charge in [0.05, 0.1) is 12.9 Å². The molecule has 0 N–H and O–H groups in total. The number of anilines is 1. The van der Waals surface area contributed by atoms with Crippen molar-refractivity contribution in [2.24, 2.45) is 0 Å². The van der Waals surface area contributed by atoms with Gasteiger partial charge in [0.1, 0.15) is 5.75 Å². The number of benzene rings is 2. The van der Waals surface area contributed by atoms with E-state index >= 15 is 0 Å². The van der Waals surface area contributed by atoms with Crippen LogP contribution in [-0.2, 0) is 4.79 Å². The van der Waals surface area contributed by atoms with Crippen molar-refractivity contribution in [1.82, 2.24) is 4.90 Å². The lowest BCUT2D eigenvalue weighted by Crippen LogP contribution is -2.49. The first-order valence-electron chi connectivity index (χ1n) is 8.93. The van der Waals surface area contributed by atoms with E-state index in [2.05, 4.69) is 43.0 Å². The minimum Gasteiger partial charge on any atom is -0.497 e. The summed E-state index contributed by atoms with van der Waals surface area (Å²) in [5.74, 6) is 1.59. The first-order valence-corrected chi connectivity index (χ1v) is 9.92. The van der Waals surface area contributed by atoms with Gasteiger partial charge in [0, 0.05) is 42.8 Å². The highest BCUT2D eigenvalue weighted by molar-refractivity contribution is 8.00. The van der Waals surface area contributed by atoms with Crippen molar-refractivity contribution in [2.45, 2.75) is 18.7 Å². The summed E-state index contributed by atoms with van der Waals surface area (Å²) < 4.78 is 5.30. The van der Waals surface area contributed by atoms with Crippen LogP contribution in [0.5, 0.6) is 5.75 Å². The number of hydrogen-bond donors (Lipinski definition) is 0. The summed E-state index contributed by atoms with van der Waals surface area (Å²) in [5, 5.41) is 0. The Labute approximate surface area is 160 Å². The fourth-order valence-electron chi connectivity index (χ4n) is 3.21. The van der Waals surface area contributed by atoms with Gasteiger partial charge in [-0.2, -0.15) is 0 Å². The molecule has 1 saturated heterocycles. The molecular weight excluding hydrogens is 344 g/mol. The summed E-state index contributed by atoms with van der Waals surface area (Å²) in [5.41, 5.74) is 3.65. The van der Waals surface area contributed by atoms with Gasteiger partial charge in [-0.1, -0.05) is 23.8 Å². The Morgan fingerprint density at radius 1 is 1.08 bits per heavy atom. The number of hydrogen-bond acceptors (Lipinski definition) is 4. The summed E-state index contributed by atoms with van der Waals surface area (Å²) in [4.78, 5) is 18.0. The molecule has 1 fully saturated rings. The zero-order valence-corrected chi connectivity index (χ0v) is 16.5. The Morgan fingerprint density at radius 2 is 1.85 bits per heavy atom. The Bertz CT molecular complexity index is 770. The molecule has 138 valence electrons. The SMILES string of the molecule is COc1cccc(N2CCN(C(=O)CSc3ccc(C)cc3C)CC2)c1. The summed E-state index contributed by atoms with van der Waals surface area (Å²) in [6, 6.07) is 14.5. The van der Waals surface area contributed by atoms with Crippen molar-refractivity contribution in [3.05, 3.63) is 53.6 Å². The number of carbonyl (C=O) groups excluding carboxylic acids is 1. The van der Waals surface area contributed by atoms with E-state index in [1.165, 1.54) is 16.0 Å². The van der Waals surface area contributed by atoms with Gasteiger partial charge in [0.15, 0.2) is 0 Å². The number of thioether (sulfide) groups is 1. The second kappa shape index (κ2) is 8.49. The molecule has 0 unspecified atom stereocenters. The average molecular weight is 371 g/mol. The van der Waals surface area contributed by atoms with E-state index in [1.807, 2.05) is 23.1 Å². The van der Waals surface area contributed by atoms with Gasteiger partial charge in [-0.05, 0) is 37.6 Å². The normalized spacial score (nSPS) is 14.4. The van der Waals surface area contributed by atoms with Crippen LogP contribution in [0.3, 0.4) is 0 Å². The number of piperazine rings is 1. The minimum absolute atomic E-state index is 0.222. The molecule has 4 nitrogen and oxygen atoms in total. The standard InChI is InChI=1S/C21H26N2O2S/c1-16-7-8-20(17(2)13-16)26-15-21(24)23-11-9-22(10-12-23)18-5-4-6-19(14-18)25-3/h4-8,13-14H,9-12,15H2,1-3H3.